The zero-order valence-electron chi connectivity index (χ0n) is 15.7. The molecule has 3 aromatic rings. The summed E-state index contributed by atoms with van der Waals surface area (Å²) in [7, 11) is 0. The summed E-state index contributed by atoms with van der Waals surface area (Å²) in [6, 6.07) is 18.5. The summed E-state index contributed by atoms with van der Waals surface area (Å²) >= 11 is 0. The largest absolute Gasteiger partial charge is 0.472 e. The molecule has 5 nitrogen and oxygen atoms in total. The van der Waals surface area contributed by atoms with Gasteiger partial charge in [-0.3, -0.25) is 9.78 Å². The summed E-state index contributed by atoms with van der Waals surface area (Å²) in [5.41, 5.74) is 4.21. The summed E-state index contributed by atoms with van der Waals surface area (Å²) in [5, 5.41) is 0. The molecule has 0 radical (unpaired) electrons. The molecule has 0 aliphatic heterocycles. The lowest BCUT2D eigenvalue weighted by atomic mass is 10.0. The van der Waals surface area contributed by atoms with Crippen molar-refractivity contribution in [3.05, 3.63) is 78.2 Å². The number of benzene rings is 2. The molecule has 1 heterocycles. The topological polar surface area (TPSA) is 61.3 Å². The number of rotatable bonds is 7. The Morgan fingerprint density at radius 3 is 2.61 bits per heavy atom. The van der Waals surface area contributed by atoms with Crippen molar-refractivity contribution in [2.75, 3.05) is 6.61 Å². The van der Waals surface area contributed by atoms with E-state index < -0.39 is 0 Å². The fourth-order valence-electron chi connectivity index (χ4n) is 3.25. The normalized spacial score (nSPS) is 17.8. The van der Waals surface area contributed by atoms with E-state index in [1.54, 1.807) is 12.4 Å². The van der Waals surface area contributed by atoms with Crippen molar-refractivity contribution in [1.29, 1.82) is 0 Å². The second-order valence-corrected chi connectivity index (χ2v) is 6.84. The minimum atomic E-state index is -0.145. The van der Waals surface area contributed by atoms with Crippen LogP contribution in [0.25, 0.3) is 11.1 Å². The Morgan fingerprint density at radius 2 is 1.86 bits per heavy atom. The maximum absolute atomic E-state index is 11.8. The molecule has 1 aliphatic rings. The van der Waals surface area contributed by atoms with Crippen LogP contribution >= 0.6 is 0 Å². The number of esters is 1. The van der Waals surface area contributed by atoms with Gasteiger partial charge in [-0.1, -0.05) is 48.5 Å². The van der Waals surface area contributed by atoms with E-state index in [9.17, 15) is 4.79 Å². The van der Waals surface area contributed by atoms with E-state index in [0.29, 0.717) is 19.1 Å². The predicted molar refractivity (Wildman–Crippen MR) is 106 cm³/mol. The van der Waals surface area contributed by atoms with Gasteiger partial charge in [0.25, 0.3) is 0 Å². The highest BCUT2D eigenvalue weighted by atomic mass is 16.5. The third-order valence-corrected chi connectivity index (χ3v) is 4.83. The Balaban J connectivity index is 1.35. The molecule has 1 fully saturated rings. The Labute approximate surface area is 164 Å². The number of carbonyl (C=O) groups is 1. The van der Waals surface area contributed by atoms with E-state index in [4.69, 9.17) is 9.47 Å². The summed E-state index contributed by atoms with van der Waals surface area (Å²) in [6.45, 7) is 2.65. The number of hydrogen-bond donors (Lipinski definition) is 0. The second kappa shape index (κ2) is 8.21. The van der Waals surface area contributed by atoms with Gasteiger partial charge in [-0.25, -0.2) is 4.98 Å². The van der Waals surface area contributed by atoms with Crippen molar-refractivity contribution in [2.24, 2.45) is 5.92 Å². The monoisotopic (exact) mass is 374 g/mol. The molecule has 1 unspecified atom stereocenters. The lowest BCUT2D eigenvalue weighted by Gasteiger charge is -2.08. The fraction of sp³-hybridized carbons (Fsp3) is 0.261. The zero-order valence-corrected chi connectivity index (χ0v) is 15.7. The minimum Gasteiger partial charge on any atom is -0.472 e. The highest BCUT2D eigenvalue weighted by Crippen LogP contribution is 2.47. The van der Waals surface area contributed by atoms with Crippen molar-refractivity contribution in [3.8, 4) is 17.0 Å². The number of aromatic nitrogens is 2. The molecule has 0 saturated heterocycles. The van der Waals surface area contributed by atoms with Gasteiger partial charge in [0.15, 0.2) is 0 Å². The molecule has 1 saturated carbocycles. The molecular weight excluding hydrogens is 352 g/mol. The molecule has 28 heavy (non-hydrogen) atoms. The fourth-order valence-corrected chi connectivity index (χ4v) is 3.25. The van der Waals surface area contributed by atoms with Gasteiger partial charge < -0.3 is 9.47 Å². The number of carbonyl (C=O) groups excluding carboxylic acids is 1. The summed E-state index contributed by atoms with van der Waals surface area (Å²) < 4.78 is 10.8. The van der Waals surface area contributed by atoms with Crippen LogP contribution in [0.15, 0.2) is 67.0 Å². The molecule has 4 rings (SSSR count). The minimum absolute atomic E-state index is 0.0817. The van der Waals surface area contributed by atoms with Gasteiger partial charge in [-0.15, -0.1) is 0 Å². The average Bonchev–Trinajstić information content (AvgIpc) is 3.55. The van der Waals surface area contributed by atoms with Gasteiger partial charge in [0, 0.05) is 5.92 Å². The summed E-state index contributed by atoms with van der Waals surface area (Å²) in [6.07, 6.45) is 4.09. The molecular formula is C23H22N2O3. The van der Waals surface area contributed by atoms with Crippen LogP contribution in [0, 0.1) is 5.92 Å². The maximum atomic E-state index is 11.8. The van der Waals surface area contributed by atoms with E-state index in [1.165, 1.54) is 5.56 Å². The smallest absolute Gasteiger partial charge is 0.309 e. The lowest BCUT2D eigenvalue weighted by molar-refractivity contribution is -0.144. The Hall–Kier alpha value is -3.21. The number of ether oxygens (including phenoxy) is 2. The molecule has 0 spiro atoms. The van der Waals surface area contributed by atoms with Crippen LogP contribution in [-0.2, 0) is 16.1 Å². The van der Waals surface area contributed by atoms with Crippen LogP contribution < -0.4 is 4.74 Å². The Bertz CT molecular complexity index is 942. The van der Waals surface area contributed by atoms with E-state index in [-0.39, 0.29) is 17.8 Å². The highest BCUT2D eigenvalue weighted by Gasteiger charge is 2.46. The summed E-state index contributed by atoms with van der Waals surface area (Å²) in [4.78, 5) is 20.5. The third kappa shape index (κ3) is 4.19. The molecule has 1 aromatic heterocycles. The molecule has 142 valence electrons. The van der Waals surface area contributed by atoms with Crippen molar-refractivity contribution < 1.29 is 14.3 Å². The SMILES string of the molecule is CCOC(=O)[C@H]1CC1c1cnc(OCc2cccc(-c3ccccc3)c2)cn1. The molecule has 0 N–H and O–H groups in total. The first-order chi connectivity index (χ1) is 13.7. The standard InChI is InChI=1S/C23H22N2O3/c1-2-27-23(26)20-12-19(20)21-13-25-22(14-24-21)28-15-16-7-6-10-18(11-16)17-8-4-3-5-9-17/h3-11,13-14,19-20H,2,12,15H2,1H3/t19?,20-/m0/s1. The van der Waals surface area contributed by atoms with Crippen LogP contribution in [0.4, 0.5) is 0 Å². The zero-order chi connectivity index (χ0) is 19.3. The van der Waals surface area contributed by atoms with E-state index in [1.807, 2.05) is 37.3 Å². The van der Waals surface area contributed by atoms with Gasteiger partial charge >= 0.3 is 5.97 Å². The lowest BCUT2D eigenvalue weighted by Crippen LogP contribution is -2.07. The molecule has 2 atom stereocenters. The van der Waals surface area contributed by atoms with Gasteiger partial charge in [-0.05, 0) is 36.1 Å². The van der Waals surface area contributed by atoms with Crippen LogP contribution in [0.5, 0.6) is 5.88 Å². The van der Waals surface area contributed by atoms with Gasteiger partial charge in [0.2, 0.25) is 5.88 Å². The first-order valence-corrected chi connectivity index (χ1v) is 9.50. The first kappa shape index (κ1) is 18.2. The van der Waals surface area contributed by atoms with Crippen LogP contribution in [0.3, 0.4) is 0 Å². The van der Waals surface area contributed by atoms with Gasteiger partial charge in [-0.2, -0.15) is 0 Å². The van der Waals surface area contributed by atoms with Crippen molar-refractivity contribution in [2.45, 2.75) is 25.9 Å². The molecule has 0 amide bonds. The Morgan fingerprint density at radius 1 is 1.04 bits per heavy atom. The van der Waals surface area contributed by atoms with E-state index >= 15 is 0 Å². The second-order valence-electron chi connectivity index (χ2n) is 6.84. The van der Waals surface area contributed by atoms with Crippen LogP contribution in [0.1, 0.15) is 30.5 Å². The predicted octanol–water partition coefficient (Wildman–Crippen LogP) is 4.39. The molecule has 2 aromatic carbocycles. The molecule has 5 heteroatoms. The number of hydrogen-bond acceptors (Lipinski definition) is 5. The van der Waals surface area contributed by atoms with E-state index in [2.05, 4.69) is 34.2 Å². The van der Waals surface area contributed by atoms with Crippen LogP contribution in [0.2, 0.25) is 0 Å². The van der Waals surface area contributed by atoms with Crippen molar-refractivity contribution in [1.82, 2.24) is 9.97 Å². The van der Waals surface area contributed by atoms with E-state index in [0.717, 1.165) is 23.2 Å². The molecule has 0 bridgehead atoms. The quantitative estimate of drug-likeness (QED) is 0.574. The van der Waals surface area contributed by atoms with Crippen molar-refractivity contribution >= 4 is 5.97 Å². The third-order valence-electron chi connectivity index (χ3n) is 4.83. The first-order valence-electron chi connectivity index (χ1n) is 9.50. The maximum Gasteiger partial charge on any atom is 0.309 e. The molecule has 1 aliphatic carbocycles. The highest BCUT2D eigenvalue weighted by molar-refractivity contribution is 5.77. The van der Waals surface area contributed by atoms with Crippen LogP contribution in [-0.4, -0.2) is 22.5 Å². The summed E-state index contributed by atoms with van der Waals surface area (Å²) in [5.74, 6) is 0.361. The average molecular weight is 374 g/mol. The van der Waals surface area contributed by atoms with Crippen molar-refractivity contribution in [3.63, 3.8) is 0 Å². The van der Waals surface area contributed by atoms with Gasteiger partial charge in [0.1, 0.15) is 6.61 Å². The Kier molecular flexibility index (Phi) is 5.33. The number of nitrogens with zero attached hydrogens (tertiary/aromatic N) is 2. The van der Waals surface area contributed by atoms with Gasteiger partial charge in [0.05, 0.1) is 30.6 Å².